The molecule has 0 aromatic heterocycles. The molecule has 33 heavy (non-hydrogen) atoms. The van der Waals surface area contributed by atoms with E-state index in [1.807, 2.05) is 48.5 Å². The zero-order valence-electron chi connectivity index (χ0n) is 18.5. The summed E-state index contributed by atoms with van der Waals surface area (Å²) in [6.07, 6.45) is 1.37. The highest BCUT2D eigenvalue weighted by Crippen LogP contribution is 2.37. The summed E-state index contributed by atoms with van der Waals surface area (Å²) >= 11 is 0. The fraction of sp³-hybridized carbons (Fsp3) is 0.222. The van der Waals surface area contributed by atoms with Gasteiger partial charge in [-0.05, 0) is 42.3 Å². The van der Waals surface area contributed by atoms with Crippen molar-refractivity contribution in [3.8, 4) is 0 Å². The van der Waals surface area contributed by atoms with Crippen molar-refractivity contribution < 1.29 is 23.9 Å². The van der Waals surface area contributed by atoms with E-state index in [2.05, 4.69) is 5.32 Å². The van der Waals surface area contributed by atoms with E-state index >= 15 is 0 Å². The van der Waals surface area contributed by atoms with Gasteiger partial charge in [-0.2, -0.15) is 0 Å². The number of hydrogen-bond donors (Lipinski definition) is 1. The van der Waals surface area contributed by atoms with Crippen molar-refractivity contribution in [3.05, 3.63) is 95.6 Å². The molecule has 1 heterocycles. The van der Waals surface area contributed by atoms with Gasteiger partial charge in [-0.3, -0.25) is 10.1 Å². The third-order valence-corrected chi connectivity index (χ3v) is 5.65. The second kappa shape index (κ2) is 9.38. The smallest absolute Gasteiger partial charge is 0.342 e. The molecule has 1 aliphatic rings. The number of Topliss-reactive ketones (excluding diaryl/α,β-unsaturated/α-hetero) is 1. The van der Waals surface area contributed by atoms with Gasteiger partial charge in [-0.15, -0.1) is 0 Å². The summed E-state index contributed by atoms with van der Waals surface area (Å²) in [6.45, 7) is 3.48. The van der Waals surface area contributed by atoms with Crippen molar-refractivity contribution in [2.45, 2.75) is 25.4 Å². The van der Waals surface area contributed by atoms with Gasteiger partial charge in [0.1, 0.15) is 0 Å². The number of ether oxygens (including phenoxy) is 2. The number of carbonyl (C=O) groups is 3. The predicted octanol–water partition coefficient (Wildman–Crippen LogP) is 4.16. The molecule has 0 fully saturated rings. The number of nitrogens with one attached hydrogen (secondary N) is 1. The van der Waals surface area contributed by atoms with Crippen molar-refractivity contribution in [1.82, 2.24) is 5.32 Å². The molecule has 0 radical (unpaired) electrons. The van der Waals surface area contributed by atoms with E-state index in [1.165, 1.54) is 6.08 Å². The van der Waals surface area contributed by atoms with Crippen LogP contribution in [0.5, 0.6) is 0 Å². The highest BCUT2D eigenvalue weighted by molar-refractivity contribution is 6.15. The lowest BCUT2D eigenvalue weighted by Crippen LogP contribution is -2.56. The van der Waals surface area contributed by atoms with Crippen LogP contribution < -0.4 is 5.32 Å². The Morgan fingerprint density at radius 1 is 0.818 bits per heavy atom. The standard InChI is InChI=1S/C27H25NO5/c1-3-32-25(30)27(26(31)33-4-2)17-22(24(29)19-11-6-5-7-12-19)23(28-27)21-15-14-18-10-8-9-13-20(18)16-21/h5-17,23,28H,3-4H2,1-2H3/t23-/m0/s1. The zero-order valence-corrected chi connectivity index (χ0v) is 18.5. The lowest BCUT2D eigenvalue weighted by Gasteiger charge is -2.26. The van der Waals surface area contributed by atoms with E-state index in [1.54, 1.807) is 38.1 Å². The molecule has 0 bridgehead atoms. The summed E-state index contributed by atoms with van der Waals surface area (Å²) in [5.74, 6) is -1.88. The Bertz CT molecular complexity index is 1210. The molecule has 6 nitrogen and oxygen atoms in total. The molecule has 0 amide bonds. The van der Waals surface area contributed by atoms with E-state index in [0.717, 1.165) is 16.3 Å². The second-order valence-electron chi connectivity index (χ2n) is 7.73. The van der Waals surface area contributed by atoms with Gasteiger partial charge in [-0.25, -0.2) is 9.59 Å². The second-order valence-corrected chi connectivity index (χ2v) is 7.73. The zero-order chi connectivity index (χ0) is 23.4. The van der Waals surface area contributed by atoms with E-state index in [9.17, 15) is 14.4 Å². The molecule has 0 spiro atoms. The number of rotatable bonds is 7. The first-order valence-corrected chi connectivity index (χ1v) is 10.9. The molecule has 1 atom stereocenters. The largest absolute Gasteiger partial charge is 0.464 e. The Balaban J connectivity index is 1.86. The lowest BCUT2D eigenvalue weighted by molar-refractivity contribution is -0.162. The minimum absolute atomic E-state index is 0.0815. The molecule has 0 saturated carbocycles. The summed E-state index contributed by atoms with van der Waals surface area (Å²) in [5.41, 5.74) is -0.417. The molecule has 168 valence electrons. The van der Waals surface area contributed by atoms with Gasteiger partial charge in [-0.1, -0.05) is 66.7 Å². The minimum atomic E-state index is -1.91. The Labute approximate surface area is 192 Å². The summed E-state index contributed by atoms with van der Waals surface area (Å²) in [6, 6.07) is 21.7. The highest BCUT2D eigenvalue weighted by atomic mass is 16.6. The van der Waals surface area contributed by atoms with Gasteiger partial charge in [0, 0.05) is 11.1 Å². The molecule has 3 aromatic carbocycles. The van der Waals surface area contributed by atoms with Crippen LogP contribution in [0.25, 0.3) is 10.8 Å². The Kier molecular flexibility index (Phi) is 6.38. The maximum absolute atomic E-state index is 13.5. The highest BCUT2D eigenvalue weighted by Gasteiger charge is 2.54. The first kappa shape index (κ1) is 22.4. The number of carbonyl (C=O) groups excluding carboxylic acids is 3. The van der Waals surface area contributed by atoms with Crippen LogP contribution in [-0.2, 0) is 19.1 Å². The van der Waals surface area contributed by atoms with Crippen LogP contribution in [0.15, 0.2) is 84.4 Å². The Hall–Kier alpha value is -3.77. The molecule has 0 unspecified atom stereocenters. The third-order valence-electron chi connectivity index (χ3n) is 5.65. The maximum Gasteiger partial charge on any atom is 0.342 e. The molecular weight excluding hydrogens is 418 g/mol. The predicted molar refractivity (Wildman–Crippen MR) is 125 cm³/mol. The Morgan fingerprint density at radius 2 is 1.42 bits per heavy atom. The molecule has 6 heteroatoms. The van der Waals surface area contributed by atoms with Gasteiger partial charge in [0.25, 0.3) is 0 Å². The maximum atomic E-state index is 13.5. The number of esters is 2. The molecule has 0 aliphatic carbocycles. The van der Waals surface area contributed by atoms with E-state index in [4.69, 9.17) is 9.47 Å². The van der Waals surface area contributed by atoms with E-state index < -0.39 is 23.5 Å². The number of benzene rings is 3. The summed E-state index contributed by atoms with van der Waals surface area (Å²) in [7, 11) is 0. The van der Waals surface area contributed by atoms with Crippen LogP contribution in [0.1, 0.15) is 35.8 Å². The molecule has 1 aliphatic heterocycles. The molecular formula is C27H25NO5. The summed E-state index contributed by atoms with van der Waals surface area (Å²) < 4.78 is 10.5. The average Bonchev–Trinajstić information content (AvgIpc) is 3.26. The molecule has 4 rings (SSSR count). The van der Waals surface area contributed by atoms with Crippen molar-refractivity contribution >= 4 is 28.5 Å². The monoisotopic (exact) mass is 443 g/mol. The third kappa shape index (κ3) is 4.17. The van der Waals surface area contributed by atoms with Crippen molar-refractivity contribution in [2.75, 3.05) is 13.2 Å². The van der Waals surface area contributed by atoms with Gasteiger partial charge >= 0.3 is 11.9 Å². The van der Waals surface area contributed by atoms with Crippen molar-refractivity contribution in [3.63, 3.8) is 0 Å². The van der Waals surface area contributed by atoms with Crippen molar-refractivity contribution in [1.29, 1.82) is 0 Å². The van der Waals surface area contributed by atoms with Crippen LogP contribution in [0, 0.1) is 0 Å². The molecule has 1 N–H and O–H groups in total. The van der Waals surface area contributed by atoms with Gasteiger partial charge in [0.05, 0.1) is 19.3 Å². The van der Waals surface area contributed by atoms with Crippen LogP contribution in [0.4, 0.5) is 0 Å². The molecule has 0 saturated heterocycles. The number of fused-ring (bicyclic) bond motifs is 1. The topological polar surface area (TPSA) is 81.7 Å². The van der Waals surface area contributed by atoms with Gasteiger partial charge in [0.15, 0.2) is 5.78 Å². The fourth-order valence-electron chi connectivity index (χ4n) is 4.08. The summed E-state index contributed by atoms with van der Waals surface area (Å²) in [4.78, 5) is 39.6. The number of ketones is 1. The van der Waals surface area contributed by atoms with E-state index in [-0.39, 0.29) is 24.6 Å². The Morgan fingerprint density at radius 3 is 2.06 bits per heavy atom. The lowest BCUT2D eigenvalue weighted by atomic mass is 9.92. The van der Waals surface area contributed by atoms with Crippen LogP contribution >= 0.6 is 0 Å². The minimum Gasteiger partial charge on any atom is -0.464 e. The quantitative estimate of drug-likeness (QED) is 0.336. The number of hydrogen-bond acceptors (Lipinski definition) is 6. The normalized spacial score (nSPS) is 16.8. The molecule has 3 aromatic rings. The average molecular weight is 443 g/mol. The van der Waals surface area contributed by atoms with Crippen LogP contribution in [0.3, 0.4) is 0 Å². The first-order chi connectivity index (χ1) is 16.0. The SMILES string of the molecule is CCOC(=O)C1(C(=O)OCC)C=C(C(=O)c2ccccc2)[C@H](c2ccc3ccccc3c2)N1. The summed E-state index contributed by atoms with van der Waals surface area (Å²) in [5, 5.41) is 5.12. The van der Waals surface area contributed by atoms with Crippen molar-refractivity contribution in [2.24, 2.45) is 0 Å². The first-order valence-electron chi connectivity index (χ1n) is 10.9. The van der Waals surface area contributed by atoms with E-state index in [0.29, 0.717) is 5.56 Å². The van der Waals surface area contributed by atoms with Gasteiger partial charge < -0.3 is 9.47 Å². The fourth-order valence-corrected chi connectivity index (χ4v) is 4.08. The van der Waals surface area contributed by atoms with Crippen LogP contribution in [-0.4, -0.2) is 36.5 Å². The van der Waals surface area contributed by atoms with Crippen LogP contribution in [0.2, 0.25) is 0 Å². The van der Waals surface area contributed by atoms with Gasteiger partial charge in [0.2, 0.25) is 5.54 Å².